The van der Waals surface area contributed by atoms with E-state index in [1.54, 1.807) is 0 Å². The van der Waals surface area contributed by atoms with Gasteiger partial charge in [0.1, 0.15) is 0 Å². The molecule has 3 rings (SSSR count). The maximum absolute atomic E-state index is 12.5. The number of carbonyl (C=O) groups is 1. The third-order valence-electron chi connectivity index (χ3n) is 5.19. The van der Waals surface area contributed by atoms with E-state index >= 15 is 0 Å². The summed E-state index contributed by atoms with van der Waals surface area (Å²) >= 11 is 0. The summed E-state index contributed by atoms with van der Waals surface area (Å²) in [6, 6.07) is 11.8. The van der Waals surface area contributed by atoms with Crippen molar-refractivity contribution >= 4 is 18.3 Å². The van der Waals surface area contributed by atoms with Crippen LogP contribution in [0.25, 0.3) is 0 Å². The second-order valence-corrected chi connectivity index (χ2v) is 7.38. The average Bonchev–Trinajstić information content (AvgIpc) is 2.84. The quantitative estimate of drug-likeness (QED) is 0.857. The molecule has 2 aliphatic heterocycles. The molecule has 1 amide bonds. The summed E-state index contributed by atoms with van der Waals surface area (Å²) in [6.07, 6.45) is 5.61. The van der Waals surface area contributed by atoms with Crippen LogP contribution in [0.3, 0.4) is 0 Å². The molecule has 2 saturated heterocycles. The van der Waals surface area contributed by atoms with Gasteiger partial charge in [0.25, 0.3) is 0 Å². The SMILES string of the molecule is CC(C)C(NC(=O)CC1CC2CCC(C1)N2)c1ccccc1.Cl. The molecular formula is C19H29ClN2O. The van der Waals surface area contributed by atoms with Crippen molar-refractivity contribution in [3.05, 3.63) is 35.9 Å². The molecule has 0 aromatic heterocycles. The predicted molar refractivity (Wildman–Crippen MR) is 96.7 cm³/mol. The Bertz CT molecular complexity index is 493. The minimum atomic E-state index is 0. The van der Waals surface area contributed by atoms with Gasteiger partial charge in [-0.1, -0.05) is 44.2 Å². The molecule has 3 atom stereocenters. The molecule has 1 aromatic rings. The molecule has 0 aliphatic carbocycles. The molecule has 1 aromatic carbocycles. The van der Waals surface area contributed by atoms with Crippen LogP contribution in [0.5, 0.6) is 0 Å². The lowest BCUT2D eigenvalue weighted by Gasteiger charge is -2.30. The highest BCUT2D eigenvalue weighted by Gasteiger charge is 2.34. The van der Waals surface area contributed by atoms with Crippen LogP contribution < -0.4 is 10.6 Å². The third-order valence-corrected chi connectivity index (χ3v) is 5.19. The molecule has 0 saturated carbocycles. The van der Waals surface area contributed by atoms with Crippen molar-refractivity contribution in [1.82, 2.24) is 10.6 Å². The second kappa shape index (κ2) is 8.16. The first-order valence-electron chi connectivity index (χ1n) is 8.72. The second-order valence-electron chi connectivity index (χ2n) is 7.38. The molecular weight excluding hydrogens is 308 g/mol. The normalized spacial score (nSPS) is 27.3. The number of halogens is 1. The van der Waals surface area contributed by atoms with E-state index in [4.69, 9.17) is 0 Å². The summed E-state index contributed by atoms with van der Waals surface area (Å²) in [5.74, 6) is 1.17. The van der Waals surface area contributed by atoms with Gasteiger partial charge in [-0.05, 0) is 43.1 Å². The van der Waals surface area contributed by atoms with Crippen LogP contribution in [0.1, 0.15) is 57.6 Å². The Labute approximate surface area is 146 Å². The van der Waals surface area contributed by atoms with Gasteiger partial charge in [-0.2, -0.15) is 0 Å². The standard InChI is InChI=1S/C19H28N2O.ClH/c1-13(2)19(15-6-4-3-5-7-15)21-18(22)12-14-10-16-8-9-17(11-14)20-16;/h3-7,13-14,16-17,19-20H,8-12H2,1-2H3,(H,21,22);1H. The minimum absolute atomic E-state index is 0. The van der Waals surface area contributed by atoms with Crippen molar-refractivity contribution in [2.75, 3.05) is 0 Å². The first kappa shape index (κ1) is 18.3. The molecule has 2 heterocycles. The van der Waals surface area contributed by atoms with Crippen LogP contribution in [0.2, 0.25) is 0 Å². The molecule has 3 unspecified atom stereocenters. The van der Waals surface area contributed by atoms with E-state index in [0.29, 0.717) is 30.3 Å². The fourth-order valence-electron chi connectivity index (χ4n) is 4.13. The summed E-state index contributed by atoms with van der Waals surface area (Å²) in [4.78, 5) is 12.5. The van der Waals surface area contributed by atoms with E-state index in [1.807, 2.05) is 18.2 Å². The van der Waals surface area contributed by atoms with Gasteiger partial charge in [-0.15, -0.1) is 12.4 Å². The van der Waals surface area contributed by atoms with E-state index in [0.717, 1.165) is 0 Å². The average molecular weight is 337 g/mol. The van der Waals surface area contributed by atoms with Crippen LogP contribution in [0.15, 0.2) is 30.3 Å². The third kappa shape index (κ3) is 4.71. The molecule has 2 aliphatic rings. The Hall–Kier alpha value is -1.06. The Morgan fingerprint density at radius 3 is 2.35 bits per heavy atom. The van der Waals surface area contributed by atoms with Crippen molar-refractivity contribution in [2.45, 2.75) is 64.1 Å². The molecule has 0 radical (unpaired) electrons. The Kier molecular flexibility index (Phi) is 6.49. The van der Waals surface area contributed by atoms with Crippen molar-refractivity contribution < 1.29 is 4.79 Å². The van der Waals surface area contributed by atoms with Crippen molar-refractivity contribution in [3.63, 3.8) is 0 Å². The Morgan fingerprint density at radius 1 is 1.17 bits per heavy atom. The van der Waals surface area contributed by atoms with Gasteiger partial charge < -0.3 is 10.6 Å². The monoisotopic (exact) mass is 336 g/mol. The summed E-state index contributed by atoms with van der Waals surface area (Å²) < 4.78 is 0. The van der Waals surface area contributed by atoms with Gasteiger partial charge in [0.05, 0.1) is 6.04 Å². The molecule has 3 nitrogen and oxygen atoms in total. The summed E-state index contributed by atoms with van der Waals surface area (Å²) in [7, 11) is 0. The lowest BCUT2D eigenvalue weighted by atomic mass is 9.89. The van der Waals surface area contributed by atoms with Crippen LogP contribution in [0, 0.1) is 11.8 Å². The molecule has 2 bridgehead atoms. The summed E-state index contributed by atoms with van der Waals surface area (Å²) in [5.41, 5.74) is 1.20. The number of piperidine rings is 1. The fraction of sp³-hybridized carbons (Fsp3) is 0.632. The molecule has 0 spiro atoms. The van der Waals surface area contributed by atoms with Crippen LogP contribution in [0.4, 0.5) is 0 Å². The number of benzene rings is 1. The number of hydrogen-bond acceptors (Lipinski definition) is 2. The lowest BCUT2D eigenvalue weighted by molar-refractivity contribution is -0.123. The highest BCUT2D eigenvalue weighted by Crippen LogP contribution is 2.33. The Balaban J connectivity index is 0.00000192. The number of hydrogen-bond donors (Lipinski definition) is 2. The molecule has 128 valence electrons. The van der Waals surface area contributed by atoms with Gasteiger partial charge in [-0.25, -0.2) is 0 Å². The molecule has 4 heteroatoms. The van der Waals surface area contributed by atoms with Crippen molar-refractivity contribution in [1.29, 1.82) is 0 Å². The van der Waals surface area contributed by atoms with Gasteiger partial charge in [0.2, 0.25) is 5.91 Å². The van der Waals surface area contributed by atoms with Crippen LogP contribution >= 0.6 is 12.4 Å². The maximum atomic E-state index is 12.5. The minimum Gasteiger partial charge on any atom is -0.349 e. The number of amides is 1. The van der Waals surface area contributed by atoms with Crippen molar-refractivity contribution in [2.24, 2.45) is 11.8 Å². The molecule has 2 fully saturated rings. The topological polar surface area (TPSA) is 41.1 Å². The van der Waals surface area contributed by atoms with E-state index < -0.39 is 0 Å². The number of rotatable bonds is 5. The first-order valence-corrected chi connectivity index (χ1v) is 8.72. The van der Waals surface area contributed by atoms with Gasteiger partial charge >= 0.3 is 0 Å². The van der Waals surface area contributed by atoms with Crippen LogP contribution in [-0.4, -0.2) is 18.0 Å². The first-order chi connectivity index (χ1) is 10.6. The van der Waals surface area contributed by atoms with Crippen LogP contribution in [-0.2, 0) is 4.79 Å². The van der Waals surface area contributed by atoms with Gasteiger partial charge in [-0.3, -0.25) is 4.79 Å². The largest absolute Gasteiger partial charge is 0.349 e. The zero-order valence-corrected chi connectivity index (χ0v) is 14.9. The summed E-state index contributed by atoms with van der Waals surface area (Å²) in [5, 5.41) is 6.92. The smallest absolute Gasteiger partial charge is 0.220 e. The van der Waals surface area contributed by atoms with Crippen molar-refractivity contribution in [3.8, 4) is 0 Å². The zero-order valence-electron chi connectivity index (χ0n) is 14.1. The number of carbonyl (C=O) groups excluding carboxylic acids is 1. The van der Waals surface area contributed by atoms with Gasteiger partial charge in [0, 0.05) is 18.5 Å². The number of fused-ring (bicyclic) bond motifs is 2. The van der Waals surface area contributed by atoms with E-state index in [-0.39, 0.29) is 24.4 Å². The highest BCUT2D eigenvalue weighted by molar-refractivity contribution is 5.85. The maximum Gasteiger partial charge on any atom is 0.220 e. The lowest BCUT2D eigenvalue weighted by Crippen LogP contribution is -2.40. The molecule has 2 N–H and O–H groups in total. The Morgan fingerprint density at radius 2 is 1.78 bits per heavy atom. The molecule has 23 heavy (non-hydrogen) atoms. The highest BCUT2D eigenvalue weighted by atomic mass is 35.5. The van der Waals surface area contributed by atoms with E-state index in [1.165, 1.54) is 31.2 Å². The van der Waals surface area contributed by atoms with E-state index in [2.05, 4.69) is 36.6 Å². The van der Waals surface area contributed by atoms with Gasteiger partial charge in [0.15, 0.2) is 0 Å². The predicted octanol–water partition coefficient (Wildman–Crippen LogP) is 3.84. The van der Waals surface area contributed by atoms with E-state index in [9.17, 15) is 4.79 Å². The fourth-order valence-corrected chi connectivity index (χ4v) is 4.13. The zero-order chi connectivity index (χ0) is 15.5. The summed E-state index contributed by atoms with van der Waals surface area (Å²) in [6.45, 7) is 4.34. The number of nitrogens with one attached hydrogen (secondary N) is 2.